The number of likely N-dealkylation sites (N-methyl/N-ethyl adjacent to an activating group) is 1. The van der Waals surface area contributed by atoms with E-state index in [2.05, 4.69) is 5.32 Å². The largest absolute Gasteiger partial charge is 0.350 e. The van der Waals surface area contributed by atoms with Crippen molar-refractivity contribution in [2.24, 2.45) is 0 Å². The molecular formula is C21H28FN3O3S. The van der Waals surface area contributed by atoms with Gasteiger partial charge in [-0.1, -0.05) is 26.0 Å². The minimum absolute atomic E-state index is 0.156. The smallest absolute Gasteiger partial charge is 0.251 e. The van der Waals surface area contributed by atoms with E-state index in [4.69, 9.17) is 0 Å². The predicted molar refractivity (Wildman–Crippen MR) is 112 cm³/mol. The molecule has 0 bridgehead atoms. The quantitative estimate of drug-likeness (QED) is 0.676. The highest BCUT2D eigenvalue weighted by Gasteiger charge is 2.22. The van der Waals surface area contributed by atoms with Gasteiger partial charge in [-0.25, -0.2) is 12.8 Å². The summed E-state index contributed by atoms with van der Waals surface area (Å²) in [6.07, 6.45) is 0. The van der Waals surface area contributed by atoms with Crippen LogP contribution >= 0.6 is 0 Å². The molecule has 1 atom stereocenters. The van der Waals surface area contributed by atoms with E-state index in [1.54, 1.807) is 19.9 Å². The first-order chi connectivity index (χ1) is 13.7. The molecule has 2 aromatic carbocycles. The average molecular weight is 422 g/mol. The molecule has 1 N–H and O–H groups in total. The Hall–Kier alpha value is -2.29. The maximum Gasteiger partial charge on any atom is 0.251 e. The highest BCUT2D eigenvalue weighted by Crippen LogP contribution is 2.19. The van der Waals surface area contributed by atoms with Crippen LogP contribution in [0.25, 0.3) is 0 Å². The predicted octanol–water partition coefficient (Wildman–Crippen LogP) is 2.89. The van der Waals surface area contributed by atoms with Crippen LogP contribution in [0.3, 0.4) is 0 Å². The van der Waals surface area contributed by atoms with Crippen molar-refractivity contribution in [1.82, 2.24) is 14.5 Å². The summed E-state index contributed by atoms with van der Waals surface area (Å²) in [5.74, 6) is -0.647. The van der Waals surface area contributed by atoms with Gasteiger partial charge in [0.2, 0.25) is 10.0 Å². The zero-order valence-electron chi connectivity index (χ0n) is 17.2. The molecule has 29 heavy (non-hydrogen) atoms. The summed E-state index contributed by atoms with van der Waals surface area (Å²) in [5.41, 5.74) is 1.12. The van der Waals surface area contributed by atoms with Crippen molar-refractivity contribution >= 4 is 15.9 Å². The Balaban J connectivity index is 2.11. The fourth-order valence-electron chi connectivity index (χ4n) is 3.09. The monoisotopic (exact) mass is 421 g/mol. The van der Waals surface area contributed by atoms with Crippen LogP contribution in [-0.2, 0) is 10.0 Å². The van der Waals surface area contributed by atoms with Crippen molar-refractivity contribution in [2.75, 3.05) is 33.7 Å². The Bertz CT molecular complexity index is 926. The number of hydrogen-bond acceptors (Lipinski definition) is 4. The zero-order chi connectivity index (χ0) is 21.6. The van der Waals surface area contributed by atoms with Crippen LogP contribution in [0.4, 0.5) is 4.39 Å². The SMILES string of the molecule is CCN(CC)S(=O)(=O)c1ccc(C(=O)NCC(c2cccc(F)c2)N(C)C)cc1. The summed E-state index contributed by atoms with van der Waals surface area (Å²) in [4.78, 5) is 14.6. The molecule has 158 valence electrons. The lowest BCUT2D eigenvalue weighted by atomic mass is 10.1. The average Bonchev–Trinajstić information content (AvgIpc) is 2.68. The lowest BCUT2D eigenvalue weighted by Gasteiger charge is -2.25. The number of amides is 1. The first-order valence-electron chi connectivity index (χ1n) is 9.51. The highest BCUT2D eigenvalue weighted by molar-refractivity contribution is 7.89. The Labute approximate surface area is 172 Å². The topological polar surface area (TPSA) is 69.7 Å². The zero-order valence-corrected chi connectivity index (χ0v) is 18.0. The number of nitrogens with zero attached hydrogens (tertiary/aromatic N) is 2. The van der Waals surface area contributed by atoms with Gasteiger partial charge in [0.25, 0.3) is 5.91 Å². The van der Waals surface area contributed by atoms with Crippen molar-refractivity contribution < 1.29 is 17.6 Å². The van der Waals surface area contributed by atoms with Gasteiger partial charge in [0.15, 0.2) is 0 Å². The van der Waals surface area contributed by atoms with Gasteiger partial charge in [0.1, 0.15) is 5.82 Å². The summed E-state index contributed by atoms with van der Waals surface area (Å²) >= 11 is 0. The molecular weight excluding hydrogens is 393 g/mol. The number of hydrogen-bond donors (Lipinski definition) is 1. The van der Waals surface area contributed by atoms with Gasteiger partial charge in [-0.2, -0.15) is 4.31 Å². The molecule has 8 heteroatoms. The van der Waals surface area contributed by atoms with Crippen LogP contribution in [0.1, 0.15) is 35.8 Å². The minimum atomic E-state index is -3.56. The number of carbonyl (C=O) groups excluding carboxylic acids is 1. The molecule has 2 rings (SSSR count). The molecule has 0 radical (unpaired) electrons. The standard InChI is InChI=1S/C21H28FN3O3S/c1-5-25(6-2)29(27,28)19-12-10-16(11-13-19)21(26)23-15-20(24(3)4)17-8-7-9-18(22)14-17/h7-14,20H,5-6,15H2,1-4H3,(H,23,26). The van der Waals surface area contributed by atoms with Crippen LogP contribution in [0.15, 0.2) is 53.4 Å². The van der Waals surface area contributed by atoms with Crippen LogP contribution in [-0.4, -0.2) is 57.3 Å². The lowest BCUT2D eigenvalue weighted by molar-refractivity contribution is 0.0942. The number of rotatable bonds is 9. The van der Waals surface area contributed by atoms with Gasteiger partial charge in [-0.3, -0.25) is 4.79 Å². The van der Waals surface area contributed by atoms with E-state index in [-0.39, 0.29) is 29.2 Å². The van der Waals surface area contributed by atoms with Crippen LogP contribution in [0.2, 0.25) is 0 Å². The first kappa shape index (κ1) is 23.0. The van der Waals surface area contributed by atoms with Crippen molar-refractivity contribution in [2.45, 2.75) is 24.8 Å². The van der Waals surface area contributed by atoms with Crippen molar-refractivity contribution in [3.63, 3.8) is 0 Å². The van der Waals surface area contributed by atoms with E-state index >= 15 is 0 Å². The molecule has 2 aromatic rings. The van der Waals surface area contributed by atoms with Gasteiger partial charge >= 0.3 is 0 Å². The van der Waals surface area contributed by atoms with E-state index in [0.29, 0.717) is 18.7 Å². The Morgan fingerprint density at radius 3 is 2.21 bits per heavy atom. The van der Waals surface area contributed by atoms with Gasteiger partial charge in [0.05, 0.1) is 10.9 Å². The van der Waals surface area contributed by atoms with E-state index in [0.717, 1.165) is 5.56 Å². The van der Waals surface area contributed by atoms with E-state index in [1.807, 2.05) is 25.1 Å². The third kappa shape index (κ3) is 5.62. The highest BCUT2D eigenvalue weighted by atomic mass is 32.2. The molecule has 0 fully saturated rings. The molecule has 1 amide bonds. The molecule has 0 spiro atoms. The molecule has 0 aliphatic rings. The van der Waals surface area contributed by atoms with Crippen LogP contribution in [0, 0.1) is 5.82 Å². The molecule has 6 nitrogen and oxygen atoms in total. The fraction of sp³-hybridized carbons (Fsp3) is 0.381. The summed E-state index contributed by atoms with van der Waals surface area (Å²) in [7, 11) is 0.150. The fourth-order valence-corrected chi connectivity index (χ4v) is 4.55. The van der Waals surface area contributed by atoms with Crippen molar-refractivity contribution in [1.29, 1.82) is 0 Å². The second-order valence-corrected chi connectivity index (χ2v) is 8.80. The van der Waals surface area contributed by atoms with Gasteiger partial charge in [0, 0.05) is 25.2 Å². The second-order valence-electron chi connectivity index (χ2n) is 6.86. The molecule has 0 aliphatic carbocycles. The molecule has 0 saturated heterocycles. The number of halogens is 1. The Morgan fingerprint density at radius 1 is 1.07 bits per heavy atom. The van der Waals surface area contributed by atoms with E-state index < -0.39 is 10.0 Å². The second kappa shape index (κ2) is 9.96. The Morgan fingerprint density at radius 2 is 1.69 bits per heavy atom. The van der Waals surface area contributed by atoms with Gasteiger partial charge in [-0.05, 0) is 56.1 Å². The molecule has 1 unspecified atom stereocenters. The number of carbonyl (C=O) groups is 1. The van der Waals surface area contributed by atoms with E-state index in [1.165, 1.54) is 40.7 Å². The van der Waals surface area contributed by atoms with Crippen molar-refractivity contribution in [3.8, 4) is 0 Å². The number of nitrogens with one attached hydrogen (secondary N) is 1. The van der Waals surface area contributed by atoms with E-state index in [9.17, 15) is 17.6 Å². The lowest BCUT2D eigenvalue weighted by Crippen LogP contribution is -2.34. The summed E-state index contributed by atoms with van der Waals surface area (Å²) in [5, 5.41) is 2.84. The van der Waals surface area contributed by atoms with Crippen LogP contribution in [0.5, 0.6) is 0 Å². The van der Waals surface area contributed by atoms with Crippen LogP contribution < -0.4 is 5.32 Å². The summed E-state index contributed by atoms with van der Waals surface area (Å²) < 4.78 is 40.0. The van der Waals surface area contributed by atoms with Crippen molar-refractivity contribution in [3.05, 3.63) is 65.5 Å². The third-order valence-corrected chi connectivity index (χ3v) is 6.84. The molecule has 0 saturated carbocycles. The van der Waals surface area contributed by atoms with Gasteiger partial charge < -0.3 is 10.2 Å². The van der Waals surface area contributed by atoms with Gasteiger partial charge in [-0.15, -0.1) is 0 Å². The number of benzene rings is 2. The summed E-state index contributed by atoms with van der Waals surface area (Å²) in [6.45, 7) is 4.61. The first-order valence-corrected chi connectivity index (χ1v) is 10.9. The summed E-state index contributed by atoms with van der Waals surface area (Å²) in [6, 6.07) is 12.0. The minimum Gasteiger partial charge on any atom is -0.350 e. The maximum absolute atomic E-state index is 13.5. The molecule has 0 aliphatic heterocycles. The number of sulfonamides is 1. The third-order valence-electron chi connectivity index (χ3n) is 4.77. The Kier molecular flexibility index (Phi) is 7.89. The normalized spacial score (nSPS) is 12.9. The maximum atomic E-state index is 13.5. The molecule has 0 heterocycles. The molecule has 0 aromatic heterocycles.